The maximum absolute atomic E-state index is 12.9. The first-order valence-electron chi connectivity index (χ1n) is 12.1. The Hall–Kier alpha value is -4.84. The first kappa shape index (κ1) is 30.7. The van der Waals surface area contributed by atoms with Crippen molar-refractivity contribution in [1.29, 1.82) is 0 Å². The number of allylic oxidation sites excluding steroid dienone is 1. The fourth-order valence-corrected chi connectivity index (χ4v) is 4.57. The van der Waals surface area contributed by atoms with Crippen LogP contribution in [0.15, 0.2) is 66.2 Å². The third kappa shape index (κ3) is 7.85. The Morgan fingerprint density at radius 2 is 1.32 bits per heavy atom. The Kier molecular flexibility index (Phi) is 10.5. The molecule has 12 heteroatoms. The summed E-state index contributed by atoms with van der Waals surface area (Å²) in [5.41, 5.74) is 1.49. The van der Waals surface area contributed by atoms with Gasteiger partial charge in [0.25, 0.3) is 10.0 Å². The summed E-state index contributed by atoms with van der Waals surface area (Å²) in [6.07, 6.45) is 4.12. The van der Waals surface area contributed by atoms with E-state index in [4.69, 9.17) is 28.4 Å². The second kappa shape index (κ2) is 14.0. The number of ether oxygens (including phenoxy) is 6. The molecule has 3 aromatic rings. The Bertz CT molecular complexity index is 1520. The SMILES string of the molecule is COc1cc(OC)c(/C=C/S(=O)(=O)Nc2ccc(OC)c(N/C=C\C(=O)c3ccc(OC)c(OC)c3)c2)c(OC)c1. The van der Waals surface area contributed by atoms with Crippen molar-refractivity contribution in [3.63, 3.8) is 0 Å². The van der Waals surface area contributed by atoms with Gasteiger partial charge in [-0.25, -0.2) is 8.42 Å². The van der Waals surface area contributed by atoms with E-state index in [2.05, 4.69) is 10.0 Å². The van der Waals surface area contributed by atoms with Gasteiger partial charge in [0, 0.05) is 30.0 Å². The average Bonchev–Trinajstić information content (AvgIpc) is 2.98. The molecule has 3 rings (SSSR count). The van der Waals surface area contributed by atoms with Gasteiger partial charge in [0.1, 0.15) is 23.0 Å². The molecule has 3 aromatic carbocycles. The highest BCUT2D eigenvalue weighted by Gasteiger charge is 2.14. The molecule has 0 amide bonds. The van der Waals surface area contributed by atoms with Gasteiger partial charge in [-0.15, -0.1) is 0 Å². The van der Waals surface area contributed by atoms with Crippen LogP contribution in [0.25, 0.3) is 6.08 Å². The minimum atomic E-state index is -3.95. The highest BCUT2D eigenvalue weighted by Crippen LogP contribution is 2.35. The smallest absolute Gasteiger partial charge is 0.255 e. The molecular weight excluding hydrogens is 552 g/mol. The summed E-state index contributed by atoms with van der Waals surface area (Å²) in [4.78, 5) is 12.6. The number of hydrogen-bond donors (Lipinski definition) is 2. The third-order valence-corrected chi connectivity index (χ3v) is 6.78. The number of hydrogen-bond acceptors (Lipinski definition) is 10. The lowest BCUT2D eigenvalue weighted by atomic mass is 10.1. The average molecular weight is 585 g/mol. The molecule has 218 valence electrons. The molecular formula is C29H32N2O9S. The number of anilines is 2. The number of methoxy groups -OCH3 is 6. The molecule has 0 aromatic heterocycles. The molecule has 0 bridgehead atoms. The lowest BCUT2D eigenvalue weighted by Gasteiger charge is -2.13. The second-order valence-corrected chi connectivity index (χ2v) is 9.79. The van der Waals surface area contributed by atoms with E-state index < -0.39 is 10.0 Å². The Balaban J connectivity index is 1.78. The van der Waals surface area contributed by atoms with Gasteiger partial charge in [-0.1, -0.05) is 0 Å². The number of benzene rings is 3. The molecule has 0 spiro atoms. The first-order chi connectivity index (χ1) is 19.7. The van der Waals surface area contributed by atoms with Crippen LogP contribution < -0.4 is 38.5 Å². The van der Waals surface area contributed by atoms with Crippen molar-refractivity contribution in [3.8, 4) is 34.5 Å². The van der Waals surface area contributed by atoms with E-state index in [0.717, 1.165) is 5.41 Å². The summed E-state index contributed by atoms with van der Waals surface area (Å²) >= 11 is 0. The molecule has 0 atom stereocenters. The molecule has 0 fully saturated rings. The van der Waals surface area contributed by atoms with Gasteiger partial charge in [0.2, 0.25) is 0 Å². The minimum absolute atomic E-state index is 0.256. The summed E-state index contributed by atoms with van der Waals surface area (Å²) in [6, 6.07) is 12.7. The highest BCUT2D eigenvalue weighted by molar-refractivity contribution is 7.95. The van der Waals surface area contributed by atoms with Crippen molar-refractivity contribution in [2.75, 3.05) is 52.7 Å². The number of ketones is 1. The van der Waals surface area contributed by atoms with E-state index in [1.54, 1.807) is 42.5 Å². The van der Waals surface area contributed by atoms with E-state index in [1.165, 1.54) is 67.1 Å². The molecule has 0 aliphatic heterocycles. The van der Waals surface area contributed by atoms with Gasteiger partial charge in [0.15, 0.2) is 17.3 Å². The van der Waals surface area contributed by atoms with Crippen LogP contribution in [0.3, 0.4) is 0 Å². The standard InChI is InChI=1S/C29H32N2O9S/c1-35-21-17-27(38-4)22(28(18-21)39-5)12-14-41(33,34)31-20-8-10-25(36-2)23(16-20)30-13-11-24(32)19-7-9-26(37-3)29(15-19)40-6/h7-18,30-31H,1-6H3/b13-11-,14-12+. The largest absolute Gasteiger partial charge is 0.496 e. The monoisotopic (exact) mass is 584 g/mol. The van der Waals surface area contributed by atoms with Gasteiger partial charge >= 0.3 is 0 Å². The predicted molar refractivity (Wildman–Crippen MR) is 157 cm³/mol. The van der Waals surface area contributed by atoms with Crippen LogP contribution in [-0.2, 0) is 10.0 Å². The number of carbonyl (C=O) groups excluding carboxylic acids is 1. The predicted octanol–water partition coefficient (Wildman–Crippen LogP) is 4.96. The molecule has 0 aliphatic carbocycles. The van der Waals surface area contributed by atoms with Crippen LogP contribution >= 0.6 is 0 Å². The second-order valence-electron chi connectivity index (χ2n) is 8.22. The van der Waals surface area contributed by atoms with Crippen LogP contribution in [0.4, 0.5) is 11.4 Å². The van der Waals surface area contributed by atoms with Crippen LogP contribution in [0, 0.1) is 0 Å². The van der Waals surface area contributed by atoms with Gasteiger partial charge in [-0.2, -0.15) is 0 Å². The molecule has 0 unspecified atom stereocenters. The van der Waals surface area contributed by atoms with E-state index in [1.807, 2.05) is 0 Å². The molecule has 41 heavy (non-hydrogen) atoms. The fourth-order valence-electron chi connectivity index (χ4n) is 3.73. The lowest BCUT2D eigenvalue weighted by Crippen LogP contribution is -2.09. The number of carbonyl (C=O) groups is 1. The Morgan fingerprint density at radius 3 is 1.90 bits per heavy atom. The Morgan fingerprint density at radius 1 is 0.707 bits per heavy atom. The van der Waals surface area contributed by atoms with Crippen molar-refractivity contribution in [2.45, 2.75) is 0 Å². The minimum Gasteiger partial charge on any atom is -0.496 e. The van der Waals surface area contributed by atoms with Gasteiger partial charge in [-0.3, -0.25) is 9.52 Å². The van der Waals surface area contributed by atoms with Gasteiger partial charge in [-0.05, 0) is 42.5 Å². The van der Waals surface area contributed by atoms with Crippen molar-refractivity contribution in [2.24, 2.45) is 0 Å². The zero-order valence-electron chi connectivity index (χ0n) is 23.5. The zero-order chi connectivity index (χ0) is 30.0. The molecule has 2 N–H and O–H groups in total. The van der Waals surface area contributed by atoms with Gasteiger partial charge < -0.3 is 33.7 Å². The maximum atomic E-state index is 12.9. The Labute approximate surface area is 239 Å². The number of sulfonamides is 1. The topological polar surface area (TPSA) is 131 Å². The van der Waals surface area contributed by atoms with Crippen molar-refractivity contribution >= 4 is 33.3 Å². The molecule has 0 aliphatic rings. The zero-order valence-corrected chi connectivity index (χ0v) is 24.3. The number of rotatable bonds is 14. The fraction of sp³-hybridized carbons (Fsp3) is 0.207. The van der Waals surface area contributed by atoms with E-state index in [-0.39, 0.29) is 11.5 Å². The molecule has 0 heterocycles. The highest BCUT2D eigenvalue weighted by atomic mass is 32.2. The van der Waals surface area contributed by atoms with Gasteiger partial charge in [0.05, 0.1) is 65.0 Å². The summed E-state index contributed by atoms with van der Waals surface area (Å²) in [5.74, 6) is 2.32. The maximum Gasteiger partial charge on any atom is 0.255 e. The normalized spacial score (nSPS) is 11.3. The van der Waals surface area contributed by atoms with Crippen molar-refractivity contribution in [1.82, 2.24) is 0 Å². The molecule has 0 saturated heterocycles. The summed E-state index contributed by atoms with van der Waals surface area (Å²) < 4.78 is 60.0. The third-order valence-electron chi connectivity index (χ3n) is 5.77. The summed E-state index contributed by atoms with van der Waals surface area (Å²) in [7, 11) is 4.94. The molecule has 0 saturated carbocycles. The van der Waals surface area contributed by atoms with Crippen molar-refractivity contribution < 1.29 is 41.6 Å². The van der Waals surface area contributed by atoms with E-state index >= 15 is 0 Å². The summed E-state index contributed by atoms with van der Waals surface area (Å²) in [5, 5.41) is 3.96. The molecule has 11 nitrogen and oxygen atoms in total. The summed E-state index contributed by atoms with van der Waals surface area (Å²) in [6.45, 7) is 0. The van der Waals surface area contributed by atoms with Crippen LogP contribution in [-0.4, -0.2) is 56.9 Å². The molecule has 0 radical (unpaired) electrons. The first-order valence-corrected chi connectivity index (χ1v) is 13.6. The number of nitrogens with one attached hydrogen (secondary N) is 2. The lowest BCUT2D eigenvalue weighted by molar-refractivity contribution is 0.104. The van der Waals surface area contributed by atoms with Crippen molar-refractivity contribution in [3.05, 3.63) is 77.3 Å². The van der Waals surface area contributed by atoms with E-state index in [9.17, 15) is 13.2 Å². The quantitative estimate of drug-likeness (QED) is 0.198. The van der Waals surface area contributed by atoms with Crippen LogP contribution in [0.2, 0.25) is 0 Å². The van der Waals surface area contributed by atoms with E-state index in [0.29, 0.717) is 51.3 Å². The van der Waals surface area contributed by atoms with Crippen LogP contribution in [0.1, 0.15) is 15.9 Å². The van der Waals surface area contributed by atoms with Crippen LogP contribution in [0.5, 0.6) is 34.5 Å².